The minimum Gasteiger partial charge on any atom is -0.271 e. The predicted molar refractivity (Wildman–Crippen MR) is 67.1 cm³/mol. The molecule has 1 aromatic heterocycles. The molecule has 0 saturated heterocycles. The lowest BCUT2D eigenvalue weighted by Crippen LogP contribution is -2.30. The van der Waals surface area contributed by atoms with Gasteiger partial charge in [0.1, 0.15) is 0 Å². The van der Waals surface area contributed by atoms with E-state index in [0.29, 0.717) is 5.69 Å². The molecule has 2 aromatic rings. The molecule has 3 nitrogen and oxygen atoms in total. The third-order valence-corrected chi connectivity index (χ3v) is 3.51. The predicted octanol–water partition coefficient (Wildman–Crippen LogP) is 2.59. The van der Waals surface area contributed by atoms with Crippen LogP contribution in [-0.4, -0.2) is 4.98 Å². The van der Waals surface area contributed by atoms with Crippen molar-refractivity contribution >= 4 is 11.3 Å². The summed E-state index contributed by atoms with van der Waals surface area (Å²) >= 11 is 1.43. The number of hydrazine groups is 1. The van der Waals surface area contributed by atoms with Gasteiger partial charge in [-0.1, -0.05) is 12.1 Å². The molecular weight excluding hydrogens is 256 g/mol. The monoisotopic (exact) mass is 269 g/mol. The van der Waals surface area contributed by atoms with Crippen molar-refractivity contribution < 1.29 is 8.78 Å². The van der Waals surface area contributed by atoms with Crippen molar-refractivity contribution in [3.63, 3.8) is 0 Å². The summed E-state index contributed by atoms with van der Waals surface area (Å²) in [5.74, 6) is 3.70. The Balaban J connectivity index is 2.49. The van der Waals surface area contributed by atoms with Crippen LogP contribution < -0.4 is 11.3 Å². The van der Waals surface area contributed by atoms with Crippen LogP contribution >= 0.6 is 11.3 Å². The number of benzene rings is 1. The van der Waals surface area contributed by atoms with Gasteiger partial charge in [0.2, 0.25) is 0 Å². The number of nitrogens with two attached hydrogens (primary N) is 1. The Bertz CT molecular complexity index is 568. The minimum atomic E-state index is -0.886. The van der Waals surface area contributed by atoms with Crippen LogP contribution in [0, 0.1) is 25.5 Å². The van der Waals surface area contributed by atoms with Crippen LogP contribution in [0.15, 0.2) is 17.5 Å². The summed E-state index contributed by atoms with van der Waals surface area (Å²) in [5, 5.41) is 2.62. The first kappa shape index (κ1) is 13.1. The van der Waals surface area contributed by atoms with Gasteiger partial charge < -0.3 is 0 Å². The highest BCUT2D eigenvalue weighted by Gasteiger charge is 2.22. The first-order valence-corrected chi connectivity index (χ1v) is 6.25. The highest BCUT2D eigenvalue weighted by atomic mass is 32.1. The van der Waals surface area contributed by atoms with Crippen LogP contribution in [0.1, 0.15) is 27.9 Å². The molecule has 1 aromatic carbocycles. The van der Waals surface area contributed by atoms with E-state index < -0.39 is 17.7 Å². The lowest BCUT2D eigenvalue weighted by Gasteiger charge is -2.15. The number of aromatic nitrogens is 1. The third-order valence-electron chi connectivity index (χ3n) is 2.72. The maximum absolute atomic E-state index is 13.9. The van der Waals surface area contributed by atoms with Gasteiger partial charge in [0.25, 0.3) is 0 Å². The molecular formula is C12H13F2N3S. The van der Waals surface area contributed by atoms with E-state index in [-0.39, 0.29) is 11.1 Å². The third kappa shape index (κ3) is 2.27. The fourth-order valence-corrected chi connectivity index (χ4v) is 2.37. The maximum Gasteiger partial charge on any atom is 0.164 e. The Morgan fingerprint density at radius 1 is 1.28 bits per heavy atom. The van der Waals surface area contributed by atoms with Crippen LogP contribution in [0.4, 0.5) is 8.78 Å². The molecule has 0 aliphatic heterocycles. The number of hydrogen-bond acceptors (Lipinski definition) is 4. The summed E-state index contributed by atoms with van der Waals surface area (Å²) < 4.78 is 27.4. The van der Waals surface area contributed by atoms with Crippen LogP contribution in [0.25, 0.3) is 0 Å². The van der Waals surface area contributed by atoms with Gasteiger partial charge in [0.05, 0.1) is 16.7 Å². The molecule has 1 heterocycles. The molecule has 0 radical (unpaired) electrons. The quantitative estimate of drug-likeness (QED) is 0.665. The Kier molecular flexibility index (Phi) is 3.70. The fraction of sp³-hybridized carbons (Fsp3) is 0.250. The Morgan fingerprint density at radius 2 is 2.00 bits per heavy atom. The molecule has 2 rings (SSSR count). The molecule has 1 atom stereocenters. The number of hydrogen-bond donors (Lipinski definition) is 2. The summed E-state index contributed by atoms with van der Waals surface area (Å²) in [4.78, 5) is 4.24. The number of nitrogens with zero attached hydrogens (tertiary/aromatic N) is 1. The van der Waals surface area contributed by atoms with Crippen molar-refractivity contribution in [2.24, 2.45) is 5.84 Å². The summed E-state index contributed by atoms with van der Waals surface area (Å²) in [5.41, 5.74) is 3.48. The molecule has 96 valence electrons. The largest absolute Gasteiger partial charge is 0.271 e. The Labute approximate surface area is 108 Å². The zero-order valence-corrected chi connectivity index (χ0v) is 10.8. The first-order valence-electron chi connectivity index (χ1n) is 5.37. The molecule has 0 saturated carbocycles. The van der Waals surface area contributed by atoms with Crippen LogP contribution in [0.3, 0.4) is 0 Å². The van der Waals surface area contributed by atoms with Crippen molar-refractivity contribution in [3.8, 4) is 0 Å². The van der Waals surface area contributed by atoms with Gasteiger partial charge in [-0.25, -0.2) is 19.2 Å². The zero-order valence-electron chi connectivity index (χ0n) is 10.00. The summed E-state index contributed by atoms with van der Waals surface area (Å²) in [6, 6.07) is 2.40. The molecule has 3 N–H and O–H groups in total. The Hall–Kier alpha value is -1.37. The molecule has 6 heteroatoms. The second kappa shape index (κ2) is 5.09. The highest BCUT2D eigenvalue weighted by Crippen LogP contribution is 2.27. The van der Waals surface area contributed by atoms with Gasteiger partial charge >= 0.3 is 0 Å². The topological polar surface area (TPSA) is 50.9 Å². The number of aryl methyl sites for hydroxylation is 2. The van der Waals surface area contributed by atoms with Crippen molar-refractivity contribution in [1.29, 1.82) is 0 Å². The number of rotatable bonds is 3. The molecule has 1 unspecified atom stereocenters. The number of thiazole rings is 1. The van der Waals surface area contributed by atoms with Crippen molar-refractivity contribution in [3.05, 3.63) is 51.0 Å². The van der Waals surface area contributed by atoms with Gasteiger partial charge in [-0.05, 0) is 19.4 Å². The molecule has 18 heavy (non-hydrogen) atoms. The smallest absolute Gasteiger partial charge is 0.164 e. The van der Waals surface area contributed by atoms with E-state index in [2.05, 4.69) is 10.4 Å². The van der Waals surface area contributed by atoms with Crippen LogP contribution in [0.2, 0.25) is 0 Å². The van der Waals surface area contributed by atoms with E-state index in [1.807, 2.05) is 6.92 Å². The van der Waals surface area contributed by atoms with Gasteiger partial charge in [-0.15, -0.1) is 11.3 Å². The van der Waals surface area contributed by atoms with Crippen LogP contribution in [-0.2, 0) is 0 Å². The second-order valence-corrected chi connectivity index (χ2v) is 5.05. The highest BCUT2D eigenvalue weighted by molar-refractivity contribution is 7.09. The molecule has 0 amide bonds. The van der Waals surface area contributed by atoms with Crippen molar-refractivity contribution in [1.82, 2.24) is 10.4 Å². The average Bonchev–Trinajstić information content (AvgIpc) is 2.77. The van der Waals surface area contributed by atoms with E-state index in [9.17, 15) is 8.78 Å². The first-order chi connectivity index (χ1) is 8.54. The molecule has 0 bridgehead atoms. The lowest BCUT2D eigenvalue weighted by molar-refractivity contribution is 0.477. The van der Waals surface area contributed by atoms with E-state index >= 15 is 0 Å². The summed E-state index contributed by atoms with van der Waals surface area (Å²) in [6.07, 6.45) is 0. The van der Waals surface area contributed by atoms with E-state index in [1.165, 1.54) is 30.4 Å². The second-order valence-electron chi connectivity index (χ2n) is 3.99. The average molecular weight is 269 g/mol. The molecule has 0 fully saturated rings. The SMILES string of the molecule is Cc1nc(C(NN)c2ccc(C)c(F)c2F)cs1. The standard InChI is InChI=1S/C12H13F2N3S/c1-6-3-4-8(11(14)10(6)13)12(17-15)9-5-18-7(2)16-9/h3-5,12,17H,15H2,1-2H3. The van der Waals surface area contributed by atoms with E-state index in [0.717, 1.165) is 5.01 Å². The van der Waals surface area contributed by atoms with Gasteiger partial charge in [0, 0.05) is 10.9 Å². The fourth-order valence-electron chi connectivity index (χ4n) is 1.73. The van der Waals surface area contributed by atoms with Crippen molar-refractivity contribution in [2.75, 3.05) is 0 Å². The number of nitrogens with one attached hydrogen (secondary N) is 1. The van der Waals surface area contributed by atoms with E-state index in [4.69, 9.17) is 5.84 Å². The zero-order chi connectivity index (χ0) is 13.3. The molecule has 0 aliphatic carbocycles. The van der Waals surface area contributed by atoms with Crippen LogP contribution in [0.5, 0.6) is 0 Å². The van der Waals surface area contributed by atoms with Crippen molar-refractivity contribution in [2.45, 2.75) is 19.9 Å². The minimum absolute atomic E-state index is 0.158. The van der Waals surface area contributed by atoms with E-state index in [1.54, 1.807) is 5.38 Å². The summed E-state index contributed by atoms with van der Waals surface area (Å²) in [6.45, 7) is 3.36. The Morgan fingerprint density at radius 3 is 2.56 bits per heavy atom. The maximum atomic E-state index is 13.9. The van der Waals surface area contributed by atoms with Gasteiger partial charge in [0.15, 0.2) is 11.6 Å². The van der Waals surface area contributed by atoms with Gasteiger partial charge in [-0.2, -0.15) is 0 Å². The molecule has 0 aliphatic rings. The number of halogens is 2. The lowest BCUT2D eigenvalue weighted by atomic mass is 10.0. The van der Waals surface area contributed by atoms with Gasteiger partial charge in [-0.3, -0.25) is 5.84 Å². The summed E-state index contributed by atoms with van der Waals surface area (Å²) in [7, 11) is 0. The molecule has 0 spiro atoms. The normalized spacial score (nSPS) is 12.7.